The molecule has 2 bridgehead atoms. The van der Waals surface area contributed by atoms with Gasteiger partial charge in [-0.05, 0) is 82.5 Å². The third kappa shape index (κ3) is 8.01. The summed E-state index contributed by atoms with van der Waals surface area (Å²) in [4.78, 5) is 10.2. The highest BCUT2D eigenvalue weighted by atomic mass is 16.7. The molecule has 3 atom stereocenters. The predicted octanol–water partition coefficient (Wildman–Crippen LogP) is 5.35. The van der Waals surface area contributed by atoms with Gasteiger partial charge in [0.15, 0.2) is 6.29 Å². The Kier molecular flexibility index (Phi) is 8.32. The highest BCUT2D eigenvalue weighted by Gasteiger charge is 2.40. The molecule has 0 amide bonds. The number of carbonyl (C=O) groups is 1. The van der Waals surface area contributed by atoms with E-state index in [2.05, 4.69) is 20.4 Å². The largest absolute Gasteiger partial charge is 0.438 e. The van der Waals surface area contributed by atoms with E-state index in [0.29, 0.717) is 18.5 Å². The lowest BCUT2D eigenvalue weighted by atomic mass is 9.59. The third-order valence-corrected chi connectivity index (χ3v) is 5.01. The minimum absolute atomic E-state index is 0.413. The van der Waals surface area contributed by atoms with Crippen molar-refractivity contribution in [1.82, 2.24) is 0 Å². The van der Waals surface area contributed by atoms with Crippen molar-refractivity contribution in [3.8, 4) is 0 Å². The molecule has 2 saturated carbocycles. The van der Waals surface area contributed by atoms with Gasteiger partial charge in [-0.3, -0.25) is 4.79 Å². The lowest BCUT2D eigenvalue weighted by Crippen LogP contribution is -2.37. The molecule has 0 aromatic rings. The Morgan fingerprint density at radius 2 is 1.78 bits per heavy atom. The van der Waals surface area contributed by atoms with E-state index in [9.17, 15) is 4.79 Å². The van der Waals surface area contributed by atoms with Crippen molar-refractivity contribution in [2.75, 3.05) is 6.61 Å². The van der Waals surface area contributed by atoms with Crippen LogP contribution < -0.4 is 0 Å². The van der Waals surface area contributed by atoms with Crippen LogP contribution in [0.2, 0.25) is 0 Å². The Morgan fingerprint density at radius 1 is 1.26 bits per heavy atom. The summed E-state index contributed by atoms with van der Waals surface area (Å²) in [6.45, 7) is 15.2. The Labute approximate surface area is 142 Å². The predicted molar refractivity (Wildman–Crippen MR) is 95.0 cm³/mol. The van der Waals surface area contributed by atoms with Crippen LogP contribution in [0.25, 0.3) is 0 Å². The quantitative estimate of drug-likeness (QED) is 0.375. The first-order valence-electron chi connectivity index (χ1n) is 9.07. The number of rotatable bonds is 6. The highest BCUT2D eigenvalue weighted by molar-refractivity contribution is 5.37. The van der Waals surface area contributed by atoms with Crippen LogP contribution in [0.1, 0.15) is 73.1 Å². The van der Waals surface area contributed by atoms with Gasteiger partial charge in [0.1, 0.15) is 0 Å². The molecule has 0 radical (unpaired) electrons. The van der Waals surface area contributed by atoms with E-state index in [1.807, 2.05) is 13.8 Å². The second-order valence-corrected chi connectivity index (χ2v) is 8.39. The van der Waals surface area contributed by atoms with Crippen LogP contribution in [-0.2, 0) is 14.3 Å². The molecule has 3 nitrogen and oxygen atoms in total. The van der Waals surface area contributed by atoms with Crippen LogP contribution in [0.4, 0.5) is 0 Å². The molecule has 2 fully saturated rings. The fraction of sp³-hybridized carbons (Fsp3) is 0.850. The van der Waals surface area contributed by atoms with Gasteiger partial charge in [-0.1, -0.05) is 19.4 Å². The zero-order chi connectivity index (χ0) is 17.5. The summed E-state index contributed by atoms with van der Waals surface area (Å²) in [6, 6.07) is 0. The Balaban J connectivity index is 0.000000593. The van der Waals surface area contributed by atoms with Gasteiger partial charge in [0.05, 0.1) is 6.61 Å². The van der Waals surface area contributed by atoms with Crippen molar-refractivity contribution in [3.05, 3.63) is 12.2 Å². The molecule has 23 heavy (non-hydrogen) atoms. The maximum atomic E-state index is 10.2. The maximum absolute atomic E-state index is 10.2. The summed E-state index contributed by atoms with van der Waals surface area (Å²) in [5.41, 5.74) is 1.59. The number of ether oxygens (including phenoxy) is 2. The van der Waals surface area contributed by atoms with Crippen molar-refractivity contribution < 1.29 is 14.3 Å². The molecule has 2 aliphatic carbocycles. The van der Waals surface area contributed by atoms with Crippen molar-refractivity contribution in [3.63, 3.8) is 0 Å². The number of carbonyl (C=O) groups excluding carboxylic acids is 1. The lowest BCUT2D eigenvalue weighted by molar-refractivity contribution is -0.161. The summed E-state index contributed by atoms with van der Waals surface area (Å²) in [6.07, 6.45) is 7.64. The Morgan fingerprint density at radius 3 is 2.26 bits per heavy atom. The molecule has 3 unspecified atom stereocenters. The normalized spacial score (nSPS) is 33.9. The average Bonchev–Trinajstić information content (AvgIpc) is 2.35. The first kappa shape index (κ1) is 20.2. The fourth-order valence-electron chi connectivity index (χ4n) is 4.50. The molecule has 0 heterocycles. The molecule has 3 heteroatoms. The molecule has 0 N–H and O–H groups in total. The third-order valence-electron chi connectivity index (χ3n) is 5.01. The standard InChI is InChI=1S/C16H28O3.C4H8/c1-12-6-14-8-15(7-12)10-16(3,9-14)4-5-18-13(2)19-11-17;1-4(2)3/h11-15H,4-10H2,1-3H3;1H2,2-3H3. The van der Waals surface area contributed by atoms with Gasteiger partial charge in [-0.15, -0.1) is 6.58 Å². The second-order valence-electron chi connectivity index (χ2n) is 8.39. The van der Waals surface area contributed by atoms with Gasteiger partial charge in [0.2, 0.25) is 0 Å². The number of allylic oxidation sites excluding steroid dienone is 1. The van der Waals surface area contributed by atoms with Crippen molar-refractivity contribution >= 4 is 6.47 Å². The molecular weight excluding hydrogens is 288 g/mol. The van der Waals surface area contributed by atoms with E-state index >= 15 is 0 Å². The van der Waals surface area contributed by atoms with Crippen LogP contribution >= 0.6 is 0 Å². The molecule has 2 rings (SSSR count). The Bertz CT molecular complexity index is 355. The summed E-state index contributed by atoms with van der Waals surface area (Å²) < 4.78 is 10.3. The molecule has 0 saturated heterocycles. The highest BCUT2D eigenvalue weighted by Crippen LogP contribution is 2.51. The molecule has 0 aliphatic heterocycles. The first-order chi connectivity index (χ1) is 10.7. The van der Waals surface area contributed by atoms with E-state index in [0.717, 1.165) is 24.2 Å². The van der Waals surface area contributed by atoms with E-state index < -0.39 is 6.29 Å². The van der Waals surface area contributed by atoms with Crippen LogP contribution in [0.5, 0.6) is 0 Å². The molecule has 2 aliphatic rings. The number of hydrogen-bond donors (Lipinski definition) is 0. The van der Waals surface area contributed by atoms with Gasteiger partial charge >= 0.3 is 0 Å². The minimum Gasteiger partial charge on any atom is -0.438 e. The van der Waals surface area contributed by atoms with E-state index in [1.165, 1.54) is 37.7 Å². The molecule has 134 valence electrons. The smallest absolute Gasteiger partial charge is 0.295 e. The second kappa shape index (κ2) is 9.46. The van der Waals surface area contributed by atoms with Crippen LogP contribution in [-0.4, -0.2) is 19.4 Å². The van der Waals surface area contributed by atoms with Crippen LogP contribution in [0.3, 0.4) is 0 Å². The van der Waals surface area contributed by atoms with Crippen LogP contribution in [0.15, 0.2) is 12.2 Å². The summed E-state index contributed by atoms with van der Waals surface area (Å²) in [5.74, 6) is 2.78. The molecule has 0 aromatic heterocycles. The molecular formula is C20H36O3. The SMILES string of the molecule is C=C(C)C.CC1CC2CC(C1)CC(C)(CCOC(C)OC=O)C2. The summed E-state index contributed by atoms with van der Waals surface area (Å²) in [7, 11) is 0. The summed E-state index contributed by atoms with van der Waals surface area (Å²) >= 11 is 0. The van der Waals surface area contributed by atoms with Gasteiger partial charge in [0, 0.05) is 0 Å². The van der Waals surface area contributed by atoms with E-state index in [-0.39, 0.29) is 0 Å². The fourth-order valence-corrected chi connectivity index (χ4v) is 4.50. The summed E-state index contributed by atoms with van der Waals surface area (Å²) in [5, 5.41) is 0. The van der Waals surface area contributed by atoms with Crippen LogP contribution in [0, 0.1) is 23.2 Å². The van der Waals surface area contributed by atoms with Gasteiger partial charge < -0.3 is 9.47 Å². The van der Waals surface area contributed by atoms with Crippen molar-refractivity contribution in [2.45, 2.75) is 79.4 Å². The van der Waals surface area contributed by atoms with E-state index in [4.69, 9.17) is 9.47 Å². The van der Waals surface area contributed by atoms with Gasteiger partial charge in [0.25, 0.3) is 6.47 Å². The first-order valence-corrected chi connectivity index (χ1v) is 9.07. The number of fused-ring (bicyclic) bond motifs is 2. The van der Waals surface area contributed by atoms with Crippen molar-refractivity contribution in [2.24, 2.45) is 23.2 Å². The lowest BCUT2D eigenvalue weighted by Gasteiger charge is -2.47. The molecule has 0 spiro atoms. The van der Waals surface area contributed by atoms with Crippen molar-refractivity contribution in [1.29, 1.82) is 0 Å². The Hall–Kier alpha value is -0.830. The zero-order valence-corrected chi connectivity index (χ0v) is 15.8. The van der Waals surface area contributed by atoms with E-state index in [1.54, 1.807) is 6.92 Å². The van der Waals surface area contributed by atoms with Gasteiger partial charge in [-0.2, -0.15) is 0 Å². The zero-order valence-electron chi connectivity index (χ0n) is 15.8. The average molecular weight is 325 g/mol. The molecule has 0 aromatic carbocycles. The topological polar surface area (TPSA) is 35.5 Å². The number of hydrogen-bond acceptors (Lipinski definition) is 3. The monoisotopic (exact) mass is 324 g/mol. The minimum atomic E-state index is -0.413. The van der Waals surface area contributed by atoms with Gasteiger partial charge in [-0.25, -0.2) is 0 Å². The maximum Gasteiger partial charge on any atom is 0.295 e.